The van der Waals surface area contributed by atoms with E-state index in [1.807, 2.05) is 6.07 Å². The summed E-state index contributed by atoms with van der Waals surface area (Å²) in [5.74, 6) is -2.17. The van der Waals surface area contributed by atoms with Gasteiger partial charge in [0.25, 0.3) is 5.91 Å². The first-order chi connectivity index (χ1) is 16.3. The minimum absolute atomic E-state index is 0.00269. The van der Waals surface area contributed by atoms with Crippen LogP contribution in [0, 0.1) is 23.0 Å². The highest BCUT2D eigenvalue weighted by Gasteiger charge is 2.51. The Hall–Kier alpha value is -4.46. The van der Waals surface area contributed by atoms with Gasteiger partial charge in [0.1, 0.15) is 29.6 Å². The molecule has 1 aromatic carbocycles. The van der Waals surface area contributed by atoms with Crippen molar-refractivity contribution in [2.45, 2.75) is 31.3 Å². The number of anilines is 2. The fourth-order valence-corrected chi connectivity index (χ4v) is 3.35. The van der Waals surface area contributed by atoms with E-state index in [2.05, 4.69) is 30.9 Å². The van der Waals surface area contributed by atoms with Crippen molar-refractivity contribution in [3.63, 3.8) is 0 Å². The Balaban J connectivity index is 1.42. The summed E-state index contributed by atoms with van der Waals surface area (Å²) in [7, 11) is 0. The standard InChI is InChI=1S/C23H19F2N7O2/c1-13(30-22(34)23(4-5-23)32-21(33)15-9-27-12-28-10-15)20-18(25)7-17(11-29-20)31-19-3-2-16(24)6-14(19)8-26/h2-3,6-7,9-13,31H,4-5H2,1H3,(H,30,34)(H,32,33)/t13-/m1/s1. The summed E-state index contributed by atoms with van der Waals surface area (Å²) in [5.41, 5.74) is -0.240. The van der Waals surface area contributed by atoms with Crippen LogP contribution < -0.4 is 16.0 Å². The number of halogens is 2. The van der Waals surface area contributed by atoms with E-state index in [1.54, 1.807) is 6.92 Å². The number of nitriles is 1. The van der Waals surface area contributed by atoms with Crippen LogP contribution in [-0.4, -0.2) is 32.3 Å². The number of carbonyl (C=O) groups is 2. The fourth-order valence-electron chi connectivity index (χ4n) is 3.35. The maximum absolute atomic E-state index is 14.8. The molecule has 1 fully saturated rings. The molecule has 0 saturated heterocycles. The molecule has 1 aliphatic carbocycles. The van der Waals surface area contributed by atoms with E-state index >= 15 is 0 Å². The molecule has 1 aliphatic rings. The smallest absolute Gasteiger partial charge is 0.255 e. The molecule has 3 aromatic rings. The van der Waals surface area contributed by atoms with Crippen LogP contribution in [0.5, 0.6) is 0 Å². The van der Waals surface area contributed by atoms with E-state index < -0.39 is 35.0 Å². The van der Waals surface area contributed by atoms with Gasteiger partial charge < -0.3 is 16.0 Å². The molecular formula is C23H19F2N7O2. The van der Waals surface area contributed by atoms with Crippen molar-refractivity contribution < 1.29 is 18.4 Å². The van der Waals surface area contributed by atoms with Crippen LogP contribution in [0.4, 0.5) is 20.2 Å². The summed E-state index contributed by atoms with van der Waals surface area (Å²) in [6.07, 6.45) is 6.22. The minimum atomic E-state index is -1.07. The van der Waals surface area contributed by atoms with Gasteiger partial charge in [-0.2, -0.15) is 5.26 Å². The molecule has 11 heteroatoms. The van der Waals surface area contributed by atoms with Crippen LogP contribution in [0.3, 0.4) is 0 Å². The van der Waals surface area contributed by atoms with E-state index in [4.69, 9.17) is 5.26 Å². The first kappa shape index (κ1) is 22.7. The zero-order valence-electron chi connectivity index (χ0n) is 18.0. The van der Waals surface area contributed by atoms with Crippen LogP contribution in [0.25, 0.3) is 0 Å². The monoisotopic (exact) mass is 463 g/mol. The quantitative estimate of drug-likeness (QED) is 0.491. The molecule has 34 heavy (non-hydrogen) atoms. The van der Waals surface area contributed by atoms with E-state index in [0.717, 1.165) is 6.07 Å². The molecule has 1 saturated carbocycles. The molecule has 9 nitrogen and oxygen atoms in total. The number of amides is 2. The third-order valence-electron chi connectivity index (χ3n) is 5.37. The first-order valence-corrected chi connectivity index (χ1v) is 10.3. The molecular weight excluding hydrogens is 444 g/mol. The average Bonchev–Trinajstić information content (AvgIpc) is 3.61. The predicted octanol–water partition coefficient (Wildman–Crippen LogP) is 2.90. The van der Waals surface area contributed by atoms with Gasteiger partial charge in [-0.25, -0.2) is 18.7 Å². The molecule has 0 aliphatic heterocycles. The Morgan fingerprint density at radius 1 is 1.15 bits per heavy atom. The second kappa shape index (κ2) is 9.19. The van der Waals surface area contributed by atoms with Crippen LogP contribution in [0.15, 0.2) is 49.2 Å². The molecule has 0 spiro atoms. The molecule has 0 unspecified atom stereocenters. The topological polar surface area (TPSA) is 133 Å². The van der Waals surface area contributed by atoms with Crippen LogP contribution in [0.2, 0.25) is 0 Å². The fraction of sp³-hybridized carbons (Fsp3) is 0.217. The SMILES string of the molecule is C[C@@H](NC(=O)C1(NC(=O)c2cncnc2)CC1)c1ncc(Nc2ccc(F)cc2C#N)cc1F. The van der Waals surface area contributed by atoms with E-state index in [9.17, 15) is 18.4 Å². The summed E-state index contributed by atoms with van der Waals surface area (Å²) in [4.78, 5) is 36.9. The number of pyridine rings is 1. The molecule has 2 aromatic heterocycles. The van der Waals surface area contributed by atoms with Crippen molar-refractivity contribution in [2.75, 3.05) is 5.32 Å². The Labute approximate surface area is 193 Å². The second-order valence-corrected chi connectivity index (χ2v) is 7.88. The number of rotatable bonds is 7. The normalized spacial score (nSPS) is 14.4. The van der Waals surface area contributed by atoms with Crippen molar-refractivity contribution in [2.24, 2.45) is 0 Å². The highest BCUT2D eigenvalue weighted by molar-refractivity contribution is 6.00. The van der Waals surface area contributed by atoms with Gasteiger partial charge in [-0.1, -0.05) is 0 Å². The largest absolute Gasteiger partial charge is 0.353 e. The van der Waals surface area contributed by atoms with Crippen LogP contribution in [-0.2, 0) is 4.79 Å². The Morgan fingerprint density at radius 3 is 2.53 bits per heavy atom. The Kier molecular flexibility index (Phi) is 6.14. The maximum Gasteiger partial charge on any atom is 0.255 e. The minimum Gasteiger partial charge on any atom is -0.353 e. The number of benzene rings is 1. The van der Waals surface area contributed by atoms with Gasteiger partial charge in [0.05, 0.1) is 40.4 Å². The summed E-state index contributed by atoms with van der Waals surface area (Å²) in [5, 5.41) is 17.4. The number of hydrogen-bond donors (Lipinski definition) is 3. The molecule has 172 valence electrons. The first-order valence-electron chi connectivity index (χ1n) is 10.3. The van der Waals surface area contributed by atoms with Crippen molar-refractivity contribution >= 4 is 23.2 Å². The predicted molar refractivity (Wildman–Crippen MR) is 117 cm³/mol. The zero-order valence-corrected chi connectivity index (χ0v) is 18.0. The van der Waals surface area contributed by atoms with Crippen molar-refractivity contribution in [3.8, 4) is 6.07 Å². The van der Waals surface area contributed by atoms with Gasteiger partial charge in [0.15, 0.2) is 0 Å². The van der Waals surface area contributed by atoms with Gasteiger partial charge in [0, 0.05) is 18.5 Å². The summed E-state index contributed by atoms with van der Waals surface area (Å²) in [6, 6.07) is 5.86. The van der Waals surface area contributed by atoms with Gasteiger partial charge >= 0.3 is 0 Å². The lowest BCUT2D eigenvalue weighted by Crippen LogP contribution is -2.49. The molecule has 1 atom stereocenters. The molecule has 4 rings (SSSR count). The lowest BCUT2D eigenvalue weighted by Gasteiger charge is -2.21. The van der Waals surface area contributed by atoms with Crippen molar-refractivity contribution in [1.82, 2.24) is 25.6 Å². The third-order valence-corrected chi connectivity index (χ3v) is 5.37. The van der Waals surface area contributed by atoms with E-state index in [-0.39, 0.29) is 22.5 Å². The number of carbonyl (C=O) groups excluding carboxylic acids is 2. The lowest BCUT2D eigenvalue weighted by molar-refractivity contribution is -0.124. The molecule has 2 amide bonds. The number of nitrogens with one attached hydrogen (secondary N) is 3. The van der Waals surface area contributed by atoms with Crippen LogP contribution >= 0.6 is 0 Å². The zero-order chi connectivity index (χ0) is 24.3. The molecule has 3 N–H and O–H groups in total. The molecule has 0 bridgehead atoms. The third kappa shape index (κ3) is 4.80. The van der Waals surface area contributed by atoms with Crippen molar-refractivity contribution in [1.29, 1.82) is 5.26 Å². The maximum atomic E-state index is 14.8. The Morgan fingerprint density at radius 2 is 1.88 bits per heavy atom. The highest BCUT2D eigenvalue weighted by atomic mass is 19.1. The van der Waals surface area contributed by atoms with E-state index in [1.165, 1.54) is 43.1 Å². The van der Waals surface area contributed by atoms with Gasteiger partial charge in [-0.15, -0.1) is 0 Å². The molecule has 2 heterocycles. The number of nitrogens with zero attached hydrogens (tertiary/aromatic N) is 4. The van der Waals surface area contributed by atoms with Gasteiger partial charge in [-0.05, 0) is 38.0 Å². The van der Waals surface area contributed by atoms with Crippen molar-refractivity contribution in [3.05, 3.63) is 77.6 Å². The average molecular weight is 463 g/mol. The number of hydrogen-bond acceptors (Lipinski definition) is 7. The highest BCUT2D eigenvalue weighted by Crippen LogP contribution is 2.36. The summed E-state index contributed by atoms with van der Waals surface area (Å²) < 4.78 is 28.1. The van der Waals surface area contributed by atoms with Gasteiger partial charge in [-0.3, -0.25) is 14.6 Å². The van der Waals surface area contributed by atoms with Gasteiger partial charge in [0.2, 0.25) is 5.91 Å². The summed E-state index contributed by atoms with van der Waals surface area (Å²) in [6.45, 7) is 1.58. The second-order valence-electron chi connectivity index (χ2n) is 7.88. The molecule has 0 radical (unpaired) electrons. The number of aromatic nitrogens is 3. The summed E-state index contributed by atoms with van der Waals surface area (Å²) >= 11 is 0. The van der Waals surface area contributed by atoms with Crippen LogP contribution in [0.1, 0.15) is 47.4 Å². The lowest BCUT2D eigenvalue weighted by atomic mass is 10.1. The Bertz CT molecular complexity index is 1290. The van der Waals surface area contributed by atoms with E-state index in [0.29, 0.717) is 18.5 Å².